The lowest BCUT2D eigenvalue weighted by Crippen LogP contribution is -2.11. The summed E-state index contributed by atoms with van der Waals surface area (Å²) in [6.45, 7) is 3.83. The normalized spacial score (nSPS) is 10.7. The van der Waals surface area contributed by atoms with Gasteiger partial charge in [-0.15, -0.1) is 0 Å². The summed E-state index contributed by atoms with van der Waals surface area (Å²) in [5, 5.41) is 9.00. The average molecular weight is 219 g/mol. The first-order valence-corrected chi connectivity index (χ1v) is 5.14. The molecule has 3 nitrogen and oxygen atoms in total. The first-order valence-electron chi connectivity index (χ1n) is 5.14. The first-order chi connectivity index (χ1) is 7.50. The maximum Gasteiger partial charge on any atom is 0.122 e. The van der Waals surface area contributed by atoms with Crippen molar-refractivity contribution < 1.29 is 9.47 Å². The predicted molar refractivity (Wildman–Crippen MR) is 62.6 cm³/mol. The van der Waals surface area contributed by atoms with Crippen LogP contribution in [-0.4, -0.2) is 14.2 Å². The summed E-state index contributed by atoms with van der Waals surface area (Å²) in [7, 11) is 3.24. The summed E-state index contributed by atoms with van der Waals surface area (Å²) in [5.74, 6) is 1.51. The van der Waals surface area contributed by atoms with Crippen molar-refractivity contribution in [1.82, 2.24) is 0 Å². The zero-order valence-corrected chi connectivity index (χ0v) is 10.2. The van der Waals surface area contributed by atoms with Gasteiger partial charge >= 0.3 is 0 Å². The lowest BCUT2D eigenvalue weighted by molar-refractivity contribution is 0.391. The van der Waals surface area contributed by atoms with Crippen LogP contribution >= 0.6 is 0 Å². The van der Waals surface area contributed by atoms with Crippen molar-refractivity contribution in [2.75, 3.05) is 14.2 Å². The van der Waals surface area contributed by atoms with Crippen LogP contribution in [0.5, 0.6) is 11.5 Å². The zero-order chi connectivity index (χ0) is 12.2. The summed E-state index contributed by atoms with van der Waals surface area (Å²) in [4.78, 5) is 0. The van der Waals surface area contributed by atoms with Gasteiger partial charge in [0.05, 0.1) is 25.7 Å². The van der Waals surface area contributed by atoms with Gasteiger partial charge in [-0.2, -0.15) is 5.26 Å². The summed E-state index contributed by atoms with van der Waals surface area (Å²) >= 11 is 0. The molecule has 1 aromatic carbocycles. The zero-order valence-electron chi connectivity index (χ0n) is 10.2. The Balaban J connectivity index is 3.01. The summed E-state index contributed by atoms with van der Waals surface area (Å²) < 4.78 is 10.4. The van der Waals surface area contributed by atoms with Crippen molar-refractivity contribution >= 4 is 0 Å². The first kappa shape index (κ1) is 12.4. The minimum absolute atomic E-state index is 0.378. The number of nitrogens with zero attached hydrogens (tertiary/aromatic N) is 1. The highest BCUT2D eigenvalue weighted by molar-refractivity contribution is 5.39. The van der Waals surface area contributed by atoms with E-state index in [1.807, 2.05) is 32.0 Å². The van der Waals surface area contributed by atoms with Crippen LogP contribution < -0.4 is 9.47 Å². The molecular formula is C13H17NO2. The van der Waals surface area contributed by atoms with Gasteiger partial charge in [0.1, 0.15) is 11.5 Å². The third-order valence-corrected chi connectivity index (χ3v) is 2.36. The van der Waals surface area contributed by atoms with Crippen LogP contribution in [-0.2, 0) is 6.42 Å². The summed E-state index contributed by atoms with van der Waals surface area (Å²) in [5.41, 5.74) is 0.667. The van der Waals surface area contributed by atoms with Gasteiger partial charge in [0.25, 0.3) is 0 Å². The maximum atomic E-state index is 9.00. The fraction of sp³-hybridized carbons (Fsp3) is 0.462. The molecule has 0 fully saturated rings. The Morgan fingerprint density at radius 2 is 1.62 bits per heavy atom. The lowest BCUT2D eigenvalue weighted by Gasteiger charge is -2.16. The van der Waals surface area contributed by atoms with E-state index in [9.17, 15) is 0 Å². The Morgan fingerprint density at radius 3 is 2.00 bits per heavy atom. The standard InChI is InChI=1S/C13H17NO2/c1-13(2,9-14)8-10-5-11(15-3)7-12(6-10)16-4/h5-7H,8H2,1-4H3. The molecular weight excluding hydrogens is 202 g/mol. The molecule has 0 atom stereocenters. The maximum absolute atomic E-state index is 9.00. The second-order valence-corrected chi connectivity index (χ2v) is 4.39. The van der Waals surface area contributed by atoms with Crippen molar-refractivity contribution in [3.05, 3.63) is 23.8 Å². The number of nitriles is 1. The fourth-order valence-electron chi connectivity index (χ4n) is 1.52. The highest BCUT2D eigenvalue weighted by Gasteiger charge is 2.18. The molecule has 1 rings (SSSR count). The predicted octanol–water partition coefficient (Wildman–Crippen LogP) is 2.80. The van der Waals surface area contributed by atoms with Crippen LogP contribution in [0, 0.1) is 16.7 Å². The van der Waals surface area contributed by atoms with Gasteiger partial charge < -0.3 is 9.47 Å². The van der Waals surface area contributed by atoms with Crippen molar-refractivity contribution in [2.45, 2.75) is 20.3 Å². The SMILES string of the molecule is COc1cc(CC(C)(C)C#N)cc(OC)c1. The molecule has 0 aromatic heterocycles. The van der Waals surface area contributed by atoms with Crippen LogP contribution in [0.2, 0.25) is 0 Å². The molecule has 86 valence electrons. The van der Waals surface area contributed by atoms with E-state index in [1.54, 1.807) is 14.2 Å². The van der Waals surface area contributed by atoms with Crippen molar-refractivity contribution in [1.29, 1.82) is 5.26 Å². The van der Waals surface area contributed by atoms with Crippen LogP contribution in [0.1, 0.15) is 19.4 Å². The Kier molecular flexibility index (Phi) is 3.78. The van der Waals surface area contributed by atoms with Crippen LogP contribution in [0.15, 0.2) is 18.2 Å². The molecule has 0 aliphatic heterocycles. The second-order valence-electron chi connectivity index (χ2n) is 4.39. The number of hydrogen-bond acceptors (Lipinski definition) is 3. The minimum Gasteiger partial charge on any atom is -0.497 e. The van der Waals surface area contributed by atoms with Crippen molar-refractivity contribution in [2.24, 2.45) is 5.41 Å². The van der Waals surface area contributed by atoms with E-state index in [-0.39, 0.29) is 5.41 Å². The average Bonchev–Trinajstić information content (AvgIpc) is 2.28. The van der Waals surface area contributed by atoms with Crippen molar-refractivity contribution in [3.8, 4) is 17.6 Å². The number of hydrogen-bond donors (Lipinski definition) is 0. The number of methoxy groups -OCH3 is 2. The van der Waals surface area contributed by atoms with Gasteiger partial charge in [-0.3, -0.25) is 0 Å². The van der Waals surface area contributed by atoms with Crippen LogP contribution in [0.25, 0.3) is 0 Å². The summed E-state index contributed by atoms with van der Waals surface area (Å²) in [6, 6.07) is 7.97. The topological polar surface area (TPSA) is 42.2 Å². The van der Waals surface area contributed by atoms with E-state index < -0.39 is 0 Å². The molecule has 3 heteroatoms. The Morgan fingerprint density at radius 1 is 1.12 bits per heavy atom. The Labute approximate surface area is 96.6 Å². The highest BCUT2D eigenvalue weighted by atomic mass is 16.5. The van der Waals surface area contributed by atoms with E-state index in [0.717, 1.165) is 17.1 Å². The van der Waals surface area contributed by atoms with E-state index >= 15 is 0 Å². The van der Waals surface area contributed by atoms with E-state index in [2.05, 4.69) is 6.07 Å². The molecule has 0 unspecified atom stereocenters. The highest BCUT2D eigenvalue weighted by Crippen LogP contribution is 2.27. The molecule has 0 radical (unpaired) electrons. The third-order valence-electron chi connectivity index (χ3n) is 2.36. The van der Waals surface area contributed by atoms with Gasteiger partial charge in [-0.1, -0.05) is 0 Å². The van der Waals surface area contributed by atoms with E-state index in [4.69, 9.17) is 14.7 Å². The molecule has 1 aromatic rings. The molecule has 0 amide bonds. The molecule has 0 aliphatic rings. The summed E-state index contributed by atoms with van der Waals surface area (Å²) in [6.07, 6.45) is 0.678. The van der Waals surface area contributed by atoms with Gasteiger partial charge in [0.2, 0.25) is 0 Å². The molecule has 0 bridgehead atoms. The smallest absolute Gasteiger partial charge is 0.122 e. The second kappa shape index (κ2) is 4.89. The molecule has 0 aliphatic carbocycles. The molecule has 0 N–H and O–H groups in total. The molecule has 16 heavy (non-hydrogen) atoms. The van der Waals surface area contributed by atoms with E-state index in [1.165, 1.54) is 0 Å². The minimum atomic E-state index is -0.378. The van der Waals surface area contributed by atoms with Gasteiger partial charge in [-0.25, -0.2) is 0 Å². The molecule has 0 saturated heterocycles. The Bertz CT molecular complexity index is 383. The lowest BCUT2D eigenvalue weighted by atomic mass is 9.87. The molecule has 0 spiro atoms. The van der Waals surface area contributed by atoms with Gasteiger partial charge in [0.15, 0.2) is 0 Å². The molecule has 0 saturated carbocycles. The fourth-order valence-corrected chi connectivity index (χ4v) is 1.52. The van der Waals surface area contributed by atoms with Gasteiger partial charge in [-0.05, 0) is 38.0 Å². The van der Waals surface area contributed by atoms with Crippen LogP contribution in [0.3, 0.4) is 0 Å². The van der Waals surface area contributed by atoms with Crippen LogP contribution in [0.4, 0.5) is 0 Å². The number of benzene rings is 1. The van der Waals surface area contributed by atoms with Crippen molar-refractivity contribution in [3.63, 3.8) is 0 Å². The number of rotatable bonds is 4. The monoisotopic (exact) mass is 219 g/mol. The Hall–Kier alpha value is -1.69. The third kappa shape index (κ3) is 3.16. The number of ether oxygens (including phenoxy) is 2. The largest absolute Gasteiger partial charge is 0.497 e. The van der Waals surface area contributed by atoms with Gasteiger partial charge in [0, 0.05) is 6.07 Å². The quantitative estimate of drug-likeness (QED) is 0.782. The van der Waals surface area contributed by atoms with E-state index in [0.29, 0.717) is 6.42 Å². The molecule has 0 heterocycles.